The summed E-state index contributed by atoms with van der Waals surface area (Å²) in [6.07, 6.45) is 3.99. The lowest BCUT2D eigenvalue weighted by Crippen LogP contribution is -2.57. The minimum Gasteiger partial charge on any atom is -0.497 e. The van der Waals surface area contributed by atoms with Crippen molar-refractivity contribution in [3.05, 3.63) is 65.7 Å². The molecule has 3 atom stereocenters. The van der Waals surface area contributed by atoms with Gasteiger partial charge in [0.05, 0.1) is 30.3 Å². The Labute approximate surface area is 257 Å². The van der Waals surface area contributed by atoms with E-state index >= 15 is 0 Å². The molecule has 0 spiro atoms. The van der Waals surface area contributed by atoms with Gasteiger partial charge in [-0.3, -0.25) is 9.59 Å². The van der Waals surface area contributed by atoms with Crippen LogP contribution in [0.2, 0.25) is 0 Å². The monoisotopic (exact) mass is 615 g/mol. The van der Waals surface area contributed by atoms with Crippen molar-refractivity contribution < 1.29 is 27.9 Å². The molecule has 1 saturated carbocycles. The summed E-state index contributed by atoms with van der Waals surface area (Å²) in [5, 5.41) is 19.5. The molecule has 2 aromatic rings. The quantitative estimate of drug-likeness (QED) is 0.179. The molecule has 0 heterocycles. The van der Waals surface area contributed by atoms with E-state index < -0.39 is 44.9 Å². The van der Waals surface area contributed by atoms with E-state index in [1.54, 1.807) is 7.11 Å². The Morgan fingerprint density at radius 3 is 2.28 bits per heavy atom. The van der Waals surface area contributed by atoms with E-state index in [0.29, 0.717) is 38.6 Å². The standard InChI is InChI=1S/C33H49N3O6S/c1-4-10-28(11-5-2)43(40,41)23-30(35-32(38)20-25-16-17-25)33(39)36-29(19-24-12-7-6-8-13-24)31(37)22-34-21-26-14-9-15-27(18-26)42-3/h6-9,12-15,18,25,28-31,34,37H,4-5,10-11,16-17,19-23H2,1-3H3,(H,35,38)(H,36,39)/t29-,30+,31+/m0/s1. The van der Waals surface area contributed by atoms with Crippen LogP contribution in [0.1, 0.15) is 69.9 Å². The van der Waals surface area contributed by atoms with E-state index in [4.69, 9.17) is 4.74 Å². The molecular weight excluding hydrogens is 566 g/mol. The van der Waals surface area contributed by atoms with Gasteiger partial charge in [-0.2, -0.15) is 0 Å². The largest absolute Gasteiger partial charge is 0.497 e. The van der Waals surface area contributed by atoms with Gasteiger partial charge in [0, 0.05) is 19.5 Å². The molecule has 43 heavy (non-hydrogen) atoms. The third-order valence-electron chi connectivity index (χ3n) is 7.86. The highest BCUT2D eigenvalue weighted by Gasteiger charge is 2.35. The van der Waals surface area contributed by atoms with Gasteiger partial charge in [-0.05, 0) is 61.3 Å². The van der Waals surface area contributed by atoms with Crippen molar-refractivity contribution in [1.82, 2.24) is 16.0 Å². The Morgan fingerprint density at radius 1 is 0.977 bits per heavy atom. The van der Waals surface area contributed by atoms with Gasteiger partial charge in [-0.25, -0.2) is 8.42 Å². The van der Waals surface area contributed by atoms with E-state index in [-0.39, 0.29) is 24.8 Å². The molecule has 0 radical (unpaired) electrons. The third kappa shape index (κ3) is 11.9. The summed E-state index contributed by atoms with van der Waals surface area (Å²) < 4.78 is 32.2. The number of hydrogen-bond donors (Lipinski definition) is 4. The minimum absolute atomic E-state index is 0.182. The van der Waals surface area contributed by atoms with Crippen molar-refractivity contribution in [2.24, 2.45) is 5.92 Å². The number of benzene rings is 2. The number of carbonyl (C=O) groups is 2. The summed E-state index contributed by atoms with van der Waals surface area (Å²) in [5.74, 6) is -0.370. The summed E-state index contributed by atoms with van der Waals surface area (Å²) in [7, 11) is -2.07. The minimum atomic E-state index is -3.68. The van der Waals surface area contributed by atoms with Crippen molar-refractivity contribution in [2.75, 3.05) is 19.4 Å². The lowest BCUT2D eigenvalue weighted by atomic mass is 10.0. The number of rotatable bonds is 20. The van der Waals surface area contributed by atoms with E-state index in [1.165, 1.54) is 0 Å². The highest BCUT2D eigenvalue weighted by Crippen LogP contribution is 2.32. The van der Waals surface area contributed by atoms with Crippen molar-refractivity contribution in [1.29, 1.82) is 0 Å². The SMILES string of the molecule is CCCC(CCC)S(=O)(=O)C[C@@H](NC(=O)CC1CC1)C(=O)N[C@@H](Cc1ccccc1)[C@H](O)CNCc1cccc(OC)c1. The summed E-state index contributed by atoms with van der Waals surface area (Å²) in [5.41, 5.74) is 1.89. The Kier molecular flexibility index (Phi) is 14.0. The smallest absolute Gasteiger partial charge is 0.243 e. The van der Waals surface area contributed by atoms with Crippen LogP contribution in [-0.2, 0) is 32.4 Å². The van der Waals surface area contributed by atoms with Gasteiger partial charge >= 0.3 is 0 Å². The molecule has 0 saturated heterocycles. The summed E-state index contributed by atoms with van der Waals surface area (Å²) >= 11 is 0. The molecule has 2 aromatic carbocycles. The zero-order valence-electron chi connectivity index (χ0n) is 25.8. The fourth-order valence-corrected chi connectivity index (χ4v) is 7.42. The number of amides is 2. The maximum atomic E-state index is 13.7. The van der Waals surface area contributed by atoms with Gasteiger partial charge in [0.15, 0.2) is 9.84 Å². The topological polar surface area (TPSA) is 134 Å². The molecule has 0 aromatic heterocycles. The number of hydrogen-bond acceptors (Lipinski definition) is 7. The zero-order valence-corrected chi connectivity index (χ0v) is 26.6. The van der Waals surface area contributed by atoms with Gasteiger partial charge < -0.3 is 25.8 Å². The molecule has 0 unspecified atom stereocenters. The average Bonchev–Trinajstić information content (AvgIpc) is 3.80. The van der Waals surface area contributed by atoms with E-state index in [2.05, 4.69) is 16.0 Å². The van der Waals surface area contributed by atoms with Crippen LogP contribution in [0, 0.1) is 5.92 Å². The molecule has 4 N–H and O–H groups in total. The maximum absolute atomic E-state index is 13.7. The van der Waals surface area contributed by atoms with Gasteiger partial charge in [-0.15, -0.1) is 0 Å². The molecule has 238 valence electrons. The molecule has 0 aliphatic heterocycles. The molecular formula is C33H49N3O6S. The molecule has 10 heteroatoms. The molecule has 1 aliphatic rings. The molecule has 9 nitrogen and oxygen atoms in total. The second kappa shape index (κ2) is 17.4. The van der Waals surface area contributed by atoms with Crippen LogP contribution in [0.15, 0.2) is 54.6 Å². The number of carbonyl (C=O) groups excluding carboxylic acids is 2. The number of methoxy groups -OCH3 is 1. The second-order valence-electron chi connectivity index (χ2n) is 11.7. The highest BCUT2D eigenvalue weighted by molar-refractivity contribution is 7.92. The molecule has 1 fully saturated rings. The van der Waals surface area contributed by atoms with Crippen LogP contribution in [0.25, 0.3) is 0 Å². The number of aliphatic hydroxyl groups is 1. The fourth-order valence-electron chi connectivity index (χ4n) is 5.26. The highest BCUT2D eigenvalue weighted by atomic mass is 32.2. The molecule has 2 amide bonds. The van der Waals surface area contributed by atoms with Crippen LogP contribution in [-0.4, -0.2) is 68.2 Å². The predicted octanol–water partition coefficient (Wildman–Crippen LogP) is 3.54. The first-order valence-electron chi connectivity index (χ1n) is 15.5. The van der Waals surface area contributed by atoms with Crippen molar-refractivity contribution in [2.45, 2.75) is 95.2 Å². The van der Waals surface area contributed by atoms with Crippen LogP contribution in [0.3, 0.4) is 0 Å². The summed E-state index contributed by atoms with van der Waals surface area (Å²) in [4.78, 5) is 26.5. The van der Waals surface area contributed by atoms with Crippen molar-refractivity contribution in [3.8, 4) is 5.75 Å². The number of nitrogens with one attached hydrogen (secondary N) is 3. The third-order valence-corrected chi connectivity index (χ3v) is 10.1. The van der Waals surface area contributed by atoms with Gasteiger partial charge in [-0.1, -0.05) is 69.2 Å². The Morgan fingerprint density at radius 2 is 1.65 bits per heavy atom. The Hall–Kier alpha value is -2.95. The Bertz CT molecular complexity index is 1250. The van der Waals surface area contributed by atoms with Crippen LogP contribution >= 0.6 is 0 Å². The van der Waals surface area contributed by atoms with Gasteiger partial charge in [0.25, 0.3) is 0 Å². The maximum Gasteiger partial charge on any atom is 0.243 e. The Balaban J connectivity index is 1.76. The number of aliphatic hydroxyl groups excluding tert-OH is 1. The van der Waals surface area contributed by atoms with Crippen LogP contribution in [0.5, 0.6) is 5.75 Å². The molecule has 0 bridgehead atoms. The average molecular weight is 616 g/mol. The lowest BCUT2D eigenvalue weighted by Gasteiger charge is -2.28. The van der Waals surface area contributed by atoms with Gasteiger partial charge in [0.2, 0.25) is 11.8 Å². The lowest BCUT2D eigenvalue weighted by molar-refractivity contribution is -0.129. The summed E-state index contributed by atoms with van der Waals surface area (Å²) in [6.45, 7) is 4.55. The predicted molar refractivity (Wildman–Crippen MR) is 169 cm³/mol. The first-order valence-corrected chi connectivity index (χ1v) is 17.2. The number of ether oxygens (including phenoxy) is 1. The van der Waals surface area contributed by atoms with Crippen LogP contribution in [0.4, 0.5) is 0 Å². The molecule has 1 aliphatic carbocycles. The molecule has 3 rings (SSSR count). The summed E-state index contributed by atoms with van der Waals surface area (Å²) in [6, 6.07) is 15.1. The van der Waals surface area contributed by atoms with Crippen molar-refractivity contribution in [3.63, 3.8) is 0 Å². The van der Waals surface area contributed by atoms with Crippen molar-refractivity contribution >= 4 is 21.7 Å². The first kappa shape index (κ1) is 34.5. The fraction of sp³-hybridized carbons (Fsp3) is 0.576. The van der Waals surface area contributed by atoms with Gasteiger partial charge in [0.1, 0.15) is 11.8 Å². The first-order chi connectivity index (χ1) is 20.6. The van der Waals surface area contributed by atoms with E-state index in [0.717, 1.165) is 29.7 Å². The van der Waals surface area contributed by atoms with Crippen LogP contribution < -0.4 is 20.7 Å². The zero-order chi connectivity index (χ0) is 31.2. The van der Waals surface area contributed by atoms with E-state index in [9.17, 15) is 23.1 Å². The normalized spacial score (nSPS) is 15.5. The second-order valence-corrected chi connectivity index (χ2v) is 14.0. The number of sulfone groups is 1. The van der Waals surface area contributed by atoms with E-state index in [1.807, 2.05) is 68.4 Å².